The normalized spacial score (nSPS) is 15.2. The molecule has 4 aromatic carbocycles. The lowest BCUT2D eigenvalue weighted by molar-refractivity contribution is 0.159. The Hall–Kier alpha value is -6.09. The minimum atomic E-state index is -0.558. The second-order valence-corrected chi connectivity index (χ2v) is 17.3. The zero-order valence-corrected chi connectivity index (χ0v) is 37.5. The average molecular weight is 891 g/mol. The van der Waals surface area contributed by atoms with Crippen LogP contribution in [0.3, 0.4) is 0 Å². The molecule has 4 aromatic heterocycles. The van der Waals surface area contributed by atoms with Gasteiger partial charge in [-0.1, -0.05) is 11.6 Å². The first kappa shape index (κ1) is 44.5. The van der Waals surface area contributed by atoms with Crippen molar-refractivity contribution < 1.29 is 28.1 Å². The summed E-state index contributed by atoms with van der Waals surface area (Å²) in [5.74, 6) is 2.11. The lowest BCUT2D eigenvalue weighted by Crippen LogP contribution is -2.32. The topological polar surface area (TPSA) is 138 Å². The van der Waals surface area contributed by atoms with Gasteiger partial charge in [-0.3, -0.25) is 0 Å². The number of fused-ring (bicyclic) bond motifs is 4. The van der Waals surface area contributed by atoms with Gasteiger partial charge in [-0.25, -0.2) is 28.7 Å². The van der Waals surface area contributed by atoms with Crippen molar-refractivity contribution in [3.05, 3.63) is 113 Å². The predicted molar refractivity (Wildman–Crippen MR) is 248 cm³/mol. The van der Waals surface area contributed by atoms with Gasteiger partial charge in [0.15, 0.2) is 23.1 Å². The summed E-state index contributed by atoms with van der Waals surface area (Å²) in [6.07, 6.45) is 9.34. The van der Waals surface area contributed by atoms with Crippen LogP contribution in [0.5, 0.6) is 28.9 Å². The Labute approximate surface area is 375 Å². The molecule has 0 spiro atoms. The van der Waals surface area contributed by atoms with Crippen LogP contribution in [0.4, 0.5) is 8.78 Å². The van der Waals surface area contributed by atoms with Crippen LogP contribution in [-0.4, -0.2) is 98.3 Å². The lowest BCUT2D eigenvalue weighted by atomic mass is 9.98. The molecule has 0 aliphatic carbocycles. The molecule has 3 N–H and O–H groups in total. The number of H-pyrrole nitrogens is 2. The standard InChI is InChI=1S/C24H25FN4O2.C16H20ClN3O.C9H8FNO/c1-15-11-18-20(12-22(15)30-13-16-6-9-29(2)10-7-16)27-14-28-24(18)31-21-4-3-19-17(23(21)25)5-8-26-19;1-11-7-13-14(18-10-19-16(13)17)8-15(11)21-9-12-3-5-20(2)6-4-12;1-5-4-6-7(11-5)2-3-8(12)9(6)10/h3-5,8,11-12,14,16,26H,6-7,9-10,13H2,1-2H3;7-8,10,12H,3-6,9H2,1-2H3;2-4,11-12H,1H3. The number of halogens is 3. The maximum atomic E-state index is 14.8. The highest BCUT2D eigenvalue weighted by Gasteiger charge is 2.20. The second-order valence-electron chi connectivity index (χ2n) is 17.0. The third-order valence-electron chi connectivity index (χ3n) is 12.1. The van der Waals surface area contributed by atoms with Gasteiger partial charge in [-0.15, -0.1) is 0 Å². The van der Waals surface area contributed by atoms with Gasteiger partial charge >= 0.3 is 0 Å². The summed E-state index contributed by atoms with van der Waals surface area (Å²) < 4.78 is 46.0. The number of piperidine rings is 2. The van der Waals surface area contributed by atoms with E-state index in [-0.39, 0.29) is 11.5 Å². The summed E-state index contributed by atoms with van der Waals surface area (Å²) >= 11 is 6.10. The zero-order chi connectivity index (χ0) is 44.9. The van der Waals surface area contributed by atoms with Crippen molar-refractivity contribution in [1.82, 2.24) is 39.7 Å². The number of nitrogens with one attached hydrogen (secondary N) is 2. The summed E-state index contributed by atoms with van der Waals surface area (Å²) in [5.41, 5.74) is 5.90. The van der Waals surface area contributed by atoms with Crippen molar-refractivity contribution in [2.24, 2.45) is 11.8 Å². The fourth-order valence-electron chi connectivity index (χ4n) is 8.15. The van der Waals surface area contributed by atoms with Gasteiger partial charge in [0.05, 0.1) is 29.6 Å². The van der Waals surface area contributed by atoms with Crippen molar-refractivity contribution >= 4 is 55.2 Å². The Kier molecular flexibility index (Phi) is 13.7. The van der Waals surface area contributed by atoms with Gasteiger partial charge in [0.25, 0.3) is 0 Å². The smallest absolute Gasteiger partial charge is 0.230 e. The quantitative estimate of drug-likeness (QED) is 0.126. The second kappa shape index (κ2) is 19.7. The SMILES string of the molecule is Cc1cc2c(Cl)ncnc2cc1OCC1CCN(C)CC1.Cc1cc2c(F)c(O)ccc2[nH]1.Cc1cc2c(Oc3ccc4[nH]ccc4c3F)ncnc2cc1OCC1CCN(C)CC1. The number of hydrogen-bond acceptors (Lipinski definition) is 10. The van der Waals surface area contributed by atoms with Crippen LogP contribution in [-0.2, 0) is 0 Å². The van der Waals surface area contributed by atoms with Gasteiger partial charge in [0.2, 0.25) is 5.88 Å². The molecule has 334 valence electrons. The number of rotatable bonds is 8. The van der Waals surface area contributed by atoms with Crippen LogP contribution >= 0.6 is 11.6 Å². The van der Waals surface area contributed by atoms with Crippen LogP contribution < -0.4 is 14.2 Å². The number of ether oxygens (including phenoxy) is 3. The molecule has 0 atom stereocenters. The molecule has 2 aliphatic rings. The lowest BCUT2D eigenvalue weighted by Gasteiger charge is -2.28. The summed E-state index contributed by atoms with van der Waals surface area (Å²) in [7, 11) is 4.33. The van der Waals surface area contributed by atoms with Crippen molar-refractivity contribution in [3.8, 4) is 28.9 Å². The Bertz CT molecular complexity index is 2890. The highest BCUT2D eigenvalue weighted by molar-refractivity contribution is 6.34. The molecule has 0 bridgehead atoms. The highest BCUT2D eigenvalue weighted by Crippen LogP contribution is 2.35. The number of aromatic amines is 2. The zero-order valence-electron chi connectivity index (χ0n) is 36.7. The number of aromatic nitrogens is 6. The maximum absolute atomic E-state index is 14.8. The van der Waals surface area contributed by atoms with Gasteiger partial charge in [-0.2, -0.15) is 0 Å². The van der Waals surface area contributed by atoms with Crippen molar-refractivity contribution in [1.29, 1.82) is 0 Å². The minimum Gasteiger partial charge on any atom is -0.505 e. The number of nitrogens with zero attached hydrogens (tertiary/aromatic N) is 6. The van der Waals surface area contributed by atoms with E-state index >= 15 is 0 Å². The number of phenolic OH excluding ortho intramolecular Hbond substituents is 1. The van der Waals surface area contributed by atoms with Gasteiger partial charge in [-0.05, 0) is 158 Å². The van der Waals surface area contributed by atoms with Crippen molar-refractivity contribution in [2.75, 3.05) is 53.5 Å². The van der Waals surface area contributed by atoms with E-state index in [1.54, 1.807) is 36.5 Å². The largest absolute Gasteiger partial charge is 0.505 e. The summed E-state index contributed by atoms with van der Waals surface area (Å²) in [5, 5.41) is 12.0. The summed E-state index contributed by atoms with van der Waals surface area (Å²) in [4.78, 5) is 27.6. The maximum Gasteiger partial charge on any atom is 0.230 e. The van der Waals surface area contributed by atoms with Crippen LogP contribution in [0.1, 0.15) is 42.5 Å². The highest BCUT2D eigenvalue weighted by atomic mass is 35.5. The van der Waals surface area contributed by atoms with E-state index in [1.165, 1.54) is 31.6 Å². The Morgan fingerprint density at radius 1 is 0.656 bits per heavy atom. The first-order valence-corrected chi connectivity index (χ1v) is 22.0. The first-order chi connectivity index (χ1) is 30.9. The van der Waals surface area contributed by atoms with Gasteiger partial charge in [0, 0.05) is 51.2 Å². The number of aryl methyl sites for hydroxylation is 3. The van der Waals surface area contributed by atoms with E-state index in [4.69, 9.17) is 30.9 Å². The molecule has 6 heterocycles. The molecule has 0 amide bonds. The van der Waals surface area contributed by atoms with Crippen LogP contribution in [0.2, 0.25) is 5.15 Å². The van der Waals surface area contributed by atoms with Crippen molar-refractivity contribution in [3.63, 3.8) is 0 Å². The van der Waals surface area contributed by atoms with Gasteiger partial charge in [0.1, 0.15) is 29.3 Å². The van der Waals surface area contributed by atoms with Gasteiger partial charge < -0.3 is 39.1 Å². The molecule has 12 nitrogen and oxygen atoms in total. The Morgan fingerprint density at radius 2 is 1.23 bits per heavy atom. The third-order valence-corrected chi connectivity index (χ3v) is 12.4. The summed E-state index contributed by atoms with van der Waals surface area (Å²) in [6.45, 7) is 11.9. The monoisotopic (exact) mass is 890 g/mol. The van der Waals surface area contributed by atoms with Crippen molar-refractivity contribution in [2.45, 2.75) is 46.5 Å². The molecule has 64 heavy (non-hydrogen) atoms. The van der Waals surface area contributed by atoms with E-state index in [9.17, 15) is 8.78 Å². The molecule has 2 aliphatic heterocycles. The fourth-order valence-corrected chi connectivity index (χ4v) is 8.35. The third kappa shape index (κ3) is 10.3. The molecule has 0 radical (unpaired) electrons. The van der Waals surface area contributed by atoms with Crippen LogP contribution in [0.15, 0.2) is 79.5 Å². The van der Waals surface area contributed by atoms with E-state index < -0.39 is 11.6 Å². The molecule has 15 heteroatoms. The molecular weight excluding hydrogens is 838 g/mol. The molecule has 2 fully saturated rings. The number of phenols is 1. The number of hydrogen-bond donors (Lipinski definition) is 3. The summed E-state index contributed by atoms with van der Waals surface area (Å²) in [6, 6.07) is 17.6. The number of aromatic hydroxyl groups is 1. The molecular formula is C49H53ClF2N8O4. The Balaban J connectivity index is 0.000000146. The predicted octanol–water partition coefficient (Wildman–Crippen LogP) is 10.7. The van der Waals surface area contributed by atoms with E-state index in [1.807, 2.05) is 45.0 Å². The molecule has 2 saturated heterocycles. The average Bonchev–Trinajstić information content (AvgIpc) is 3.94. The van der Waals surface area contributed by atoms with Crippen LogP contribution in [0.25, 0.3) is 43.6 Å². The Morgan fingerprint density at radius 3 is 1.88 bits per heavy atom. The fraction of sp³-hybridized carbons (Fsp3) is 0.347. The number of benzene rings is 4. The molecule has 0 unspecified atom stereocenters. The number of likely N-dealkylation sites (tertiary alicyclic amines) is 2. The van der Waals surface area contributed by atoms with E-state index in [2.05, 4.69) is 53.8 Å². The molecule has 0 saturated carbocycles. The molecule has 10 rings (SSSR count). The van der Waals surface area contributed by atoms with Crippen LogP contribution in [0, 0.1) is 44.2 Å². The van der Waals surface area contributed by atoms with E-state index in [0.29, 0.717) is 51.3 Å². The molecule has 8 aromatic rings. The minimum absolute atomic E-state index is 0.132. The first-order valence-electron chi connectivity index (χ1n) is 21.6. The van der Waals surface area contributed by atoms with E-state index in [0.717, 1.165) is 95.8 Å².